The van der Waals surface area contributed by atoms with Crippen LogP contribution in [0.5, 0.6) is 0 Å². The molecule has 1 nitrogen and oxygen atoms in total. The normalized spacial score (nSPS) is 39.7. The number of hydrogen-bond acceptors (Lipinski definition) is 1. The maximum Gasteiger partial charge on any atom is 0.147 e. The molecular formula is C23H24O. The van der Waals surface area contributed by atoms with Crippen molar-refractivity contribution in [2.45, 2.75) is 46.5 Å². The lowest BCUT2D eigenvalue weighted by Crippen LogP contribution is -2.59. The van der Waals surface area contributed by atoms with E-state index in [0.29, 0.717) is 11.7 Å². The van der Waals surface area contributed by atoms with Crippen molar-refractivity contribution >= 4 is 16.6 Å². The molecule has 4 aliphatic rings. The summed E-state index contributed by atoms with van der Waals surface area (Å²) in [7, 11) is 0. The second-order valence-corrected chi connectivity index (χ2v) is 8.57. The van der Waals surface area contributed by atoms with Crippen molar-refractivity contribution in [2.24, 2.45) is 16.7 Å². The zero-order valence-corrected chi connectivity index (χ0v) is 15.1. The second kappa shape index (κ2) is 4.02. The summed E-state index contributed by atoms with van der Waals surface area (Å²) in [5.74, 6) is 1.23. The van der Waals surface area contributed by atoms with E-state index in [9.17, 15) is 4.79 Å². The van der Waals surface area contributed by atoms with Crippen molar-refractivity contribution in [1.82, 2.24) is 0 Å². The molecule has 0 spiro atoms. The topological polar surface area (TPSA) is 17.1 Å². The monoisotopic (exact) mass is 316 g/mol. The molecule has 5 atom stereocenters. The maximum atomic E-state index is 13.4. The number of rotatable bonds is 0. The highest BCUT2D eigenvalue weighted by atomic mass is 16.1. The average Bonchev–Trinajstić information content (AvgIpc) is 2.94. The zero-order valence-electron chi connectivity index (χ0n) is 15.1. The van der Waals surface area contributed by atoms with Crippen LogP contribution < -0.4 is 0 Å². The molecule has 2 bridgehead atoms. The number of hydrogen-bond donors (Lipinski definition) is 0. The van der Waals surface area contributed by atoms with E-state index in [0.717, 1.165) is 0 Å². The first-order chi connectivity index (χ1) is 11.3. The van der Waals surface area contributed by atoms with Crippen LogP contribution in [-0.2, 0) is 4.79 Å². The third kappa shape index (κ3) is 1.20. The Kier molecular flexibility index (Phi) is 2.42. The summed E-state index contributed by atoms with van der Waals surface area (Å²) in [5, 5.41) is 2.73. The van der Waals surface area contributed by atoms with Crippen LogP contribution in [0.15, 0.2) is 47.5 Å². The van der Waals surface area contributed by atoms with Crippen LogP contribution >= 0.6 is 0 Å². The fourth-order valence-corrected chi connectivity index (χ4v) is 6.51. The molecule has 0 saturated heterocycles. The van der Waals surface area contributed by atoms with E-state index < -0.39 is 0 Å². The van der Waals surface area contributed by atoms with Gasteiger partial charge >= 0.3 is 0 Å². The molecule has 122 valence electrons. The highest BCUT2D eigenvalue weighted by Gasteiger charge is 2.68. The molecule has 1 fully saturated rings. The average molecular weight is 316 g/mol. The highest BCUT2D eigenvalue weighted by Crippen LogP contribution is 2.74. The fourth-order valence-electron chi connectivity index (χ4n) is 6.51. The predicted octanol–water partition coefficient (Wildman–Crippen LogP) is 5.60. The van der Waals surface area contributed by atoms with Crippen molar-refractivity contribution in [1.29, 1.82) is 0 Å². The van der Waals surface area contributed by atoms with Crippen molar-refractivity contribution in [3.8, 4) is 0 Å². The van der Waals surface area contributed by atoms with E-state index >= 15 is 0 Å². The zero-order chi connectivity index (χ0) is 17.0. The Morgan fingerprint density at radius 1 is 0.875 bits per heavy atom. The largest absolute Gasteiger partial charge is 0.298 e. The van der Waals surface area contributed by atoms with E-state index in [4.69, 9.17) is 0 Å². The molecule has 2 aromatic rings. The SMILES string of the molecule is CC1=C(C)[C@@]2(C)[C@H](C)C(=O)[C@@]1(C)[C@@H]1c3cccc4cccc(c34)[C@@H]12. The smallest absolute Gasteiger partial charge is 0.147 e. The molecule has 0 aromatic heterocycles. The second-order valence-electron chi connectivity index (χ2n) is 8.57. The molecular weight excluding hydrogens is 292 g/mol. The number of ketones is 1. The van der Waals surface area contributed by atoms with Crippen LogP contribution in [0.1, 0.15) is 57.6 Å². The molecule has 0 radical (unpaired) electrons. The lowest BCUT2D eigenvalue weighted by atomic mass is 9.40. The Bertz CT molecular complexity index is 960. The lowest BCUT2D eigenvalue weighted by Gasteiger charge is -2.61. The van der Waals surface area contributed by atoms with Gasteiger partial charge in [-0.05, 0) is 42.7 Å². The number of allylic oxidation sites excluding steroid dienone is 2. The molecule has 1 saturated carbocycles. The third-order valence-corrected chi connectivity index (χ3v) is 8.19. The molecule has 0 N–H and O–H groups in total. The summed E-state index contributed by atoms with van der Waals surface area (Å²) in [4.78, 5) is 13.4. The van der Waals surface area contributed by atoms with E-state index in [-0.39, 0.29) is 22.7 Å². The van der Waals surface area contributed by atoms with Gasteiger partial charge in [-0.25, -0.2) is 0 Å². The summed E-state index contributed by atoms with van der Waals surface area (Å²) < 4.78 is 0. The molecule has 0 amide bonds. The minimum atomic E-state index is -0.362. The molecule has 1 heteroatoms. The first-order valence-electron chi connectivity index (χ1n) is 9.08. The van der Waals surface area contributed by atoms with E-state index in [1.165, 1.54) is 33.0 Å². The van der Waals surface area contributed by atoms with Gasteiger partial charge in [-0.15, -0.1) is 0 Å². The summed E-state index contributed by atoms with van der Waals surface area (Å²) >= 11 is 0. The number of carbonyl (C=O) groups is 1. The van der Waals surface area contributed by atoms with Crippen LogP contribution in [-0.4, -0.2) is 5.78 Å². The summed E-state index contributed by atoms with van der Waals surface area (Å²) in [5.41, 5.74) is 5.19. The Balaban J connectivity index is 1.96. The number of Topliss-reactive ketones (excluding diaryl/α,β-unsaturated/α-hetero) is 1. The van der Waals surface area contributed by atoms with Crippen LogP contribution in [0.3, 0.4) is 0 Å². The Hall–Kier alpha value is -1.89. The molecule has 0 unspecified atom stereocenters. The van der Waals surface area contributed by atoms with E-state index in [2.05, 4.69) is 71.0 Å². The van der Waals surface area contributed by atoms with Gasteiger partial charge in [0, 0.05) is 23.2 Å². The summed E-state index contributed by atoms with van der Waals surface area (Å²) in [6.45, 7) is 11.2. The van der Waals surface area contributed by atoms with Crippen molar-refractivity contribution in [3.05, 3.63) is 58.7 Å². The van der Waals surface area contributed by atoms with Gasteiger partial charge in [0.15, 0.2) is 0 Å². The van der Waals surface area contributed by atoms with Gasteiger partial charge in [0.1, 0.15) is 5.78 Å². The molecule has 6 rings (SSSR count). The van der Waals surface area contributed by atoms with Gasteiger partial charge < -0.3 is 0 Å². The van der Waals surface area contributed by atoms with Crippen LogP contribution in [0.25, 0.3) is 10.8 Å². The highest BCUT2D eigenvalue weighted by molar-refractivity contribution is 6.00. The molecule has 0 heterocycles. The minimum Gasteiger partial charge on any atom is -0.298 e. The van der Waals surface area contributed by atoms with Crippen LogP contribution in [0.4, 0.5) is 0 Å². The quantitative estimate of drug-likeness (QED) is 0.578. The van der Waals surface area contributed by atoms with Crippen molar-refractivity contribution in [2.75, 3.05) is 0 Å². The molecule has 0 aliphatic heterocycles. The van der Waals surface area contributed by atoms with Gasteiger partial charge in [0.25, 0.3) is 0 Å². The molecule has 24 heavy (non-hydrogen) atoms. The summed E-state index contributed by atoms with van der Waals surface area (Å²) in [6.07, 6.45) is 0. The van der Waals surface area contributed by atoms with Gasteiger partial charge in [-0.1, -0.05) is 61.4 Å². The first-order valence-corrected chi connectivity index (χ1v) is 9.08. The summed E-state index contributed by atoms with van der Waals surface area (Å²) in [6, 6.07) is 13.4. The maximum absolute atomic E-state index is 13.4. The molecule has 2 aromatic carbocycles. The van der Waals surface area contributed by atoms with Crippen molar-refractivity contribution in [3.63, 3.8) is 0 Å². The fraction of sp³-hybridized carbons (Fsp3) is 0.435. The van der Waals surface area contributed by atoms with Crippen molar-refractivity contribution < 1.29 is 4.79 Å². The third-order valence-electron chi connectivity index (χ3n) is 8.19. The minimum absolute atomic E-state index is 0.0725. The molecule has 4 aliphatic carbocycles. The standard InChI is InChI=1S/C23H24O/c1-12-13(2)23(5)20-17-11-7-9-15-8-6-10-16(18(15)17)19(20)22(12,4)14(3)21(23)24/h6-11,14,19-20H,1-5H3/t14-,19+,20-,22+,23-/m1/s1. The number of benzene rings is 2. The number of carbonyl (C=O) groups excluding carboxylic acids is 1. The van der Waals surface area contributed by atoms with E-state index in [1.54, 1.807) is 0 Å². The Morgan fingerprint density at radius 3 is 2.08 bits per heavy atom. The van der Waals surface area contributed by atoms with Gasteiger partial charge in [0.2, 0.25) is 0 Å². The van der Waals surface area contributed by atoms with Crippen LogP contribution in [0, 0.1) is 16.7 Å². The predicted molar refractivity (Wildman–Crippen MR) is 98.2 cm³/mol. The van der Waals surface area contributed by atoms with Crippen LogP contribution in [0.2, 0.25) is 0 Å². The van der Waals surface area contributed by atoms with Gasteiger partial charge in [-0.3, -0.25) is 4.79 Å². The lowest BCUT2D eigenvalue weighted by molar-refractivity contribution is -0.143. The van der Waals surface area contributed by atoms with E-state index in [1.807, 2.05) is 0 Å². The Labute approximate surface area is 143 Å². The Morgan fingerprint density at radius 2 is 1.46 bits per heavy atom. The number of fused-ring (bicyclic) bond motifs is 1. The van der Waals surface area contributed by atoms with Gasteiger partial charge in [0.05, 0.1) is 5.41 Å². The first kappa shape index (κ1) is 14.5. The van der Waals surface area contributed by atoms with Gasteiger partial charge in [-0.2, -0.15) is 0 Å².